The van der Waals surface area contributed by atoms with E-state index in [-0.39, 0.29) is 17.6 Å². The molecule has 1 saturated heterocycles. The van der Waals surface area contributed by atoms with Crippen molar-refractivity contribution in [2.24, 2.45) is 0 Å². The van der Waals surface area contributed by atoms with Crippen LogP contribution < -0.4 is 10.6 Å². The number of hydrogen-bond donors (Lipinski definition) is 2. The summed E-state index contributed by atoms with van der Waals surface area (Å²) in [6.45, 7) is 2.47. The number of benzene rings is 1. The van der Waals surface area contributed by atoms with Gasteiger partial charge in [0.05, 0.1) is 4.92 Å². The normalized spacial score (nSPS) is 18.5. The molecule has 2 N–H and O–H groups in total. The fraction of sp³-hybridized carbons (Fsp3) is 0.417. The van der Waals surface area contributed by atoms with Crippen LogP contribution in [-0.2, 0) is 4.79 Å². The van der Waals surface area contributed by atoms with Gasteiger partial charge in [0.2, 0.25) is 5.91 Å². The van der Waals surface area contributed by atoms with E-state index < -0.39 is 4.92 Å². The van der Waals surface area contributed by atoms with Gasteiger partial charge in [0.15, 0.2) is 0 Å². The Labute approximate surface area is 105 Å². The average molecular weight is 249 g/mol. The Bertz CT molecular complexity index is 487. The lowest BCUT2D eigenvalue weighted by Crippen LogP contribution is -2.31. The minimum atomic E-state index is -0.409. The fourth-order valence-electron chi connectivity index (χ4n) is 2.02. The summed E-state index contributed by atoms with van der Waals surface area (Å²) in [7, 11) is 0. The quantitative estimate of drug-likeness (QED) is 0.627. The van der Waals surface area contributed by atoms with Crippen molar-refractivity contribution in [1.82, 2.24) is 5.32 Å². The van der Waals surface area contributed by atoms with Crippen molar-refractivity contribution in [3.63, 3.8) is 0 Å². The molecule has 0 radical (unpaired) electrons. The predicted molar refractivity (Wildman–Crippen MR) is 67.5 cm³/mol. The molecule has 1 amide bonds. The molecule has 1 heterocycles. The number of nitro groups is 1. The number of nitro benzene ring substituents is 1. The van der Waals surface area contributed by atoms with Gasteiger partial charge in [-0.2, -0.15) is 0 Å². The molecule has 6 nitrogen and oxygen atoms in total. The maximum absolute atomic E-state index is 11.0. The molecule has 96 valence electrons. The van der Waals surface area contributed by atoms with Gasteiger partial charge >= 0.3 is 0 Å². The molecule has 1 unspecified atom stereocenters. The van der Waals surface area contributed by atoms with Crippen LogP contribution >= 0.6 is 0 Å². The number of nitrogens with one attached hydrogen (secondary N) is 2. The Morgan fingerprint density at radius 1 is 1.56 bits per heavy atom. The molecular formula is C12H15N3O3. The van der Waals surface area contributed by atoms with Crippen LogP contribution in [-0.4, -0.2) is 23.4 Å². The van der Waals surface area contributed by atoms with E-state index in [2.05, 4.69) is 10.6 Å². The first kappa shape index (κ1) is 12.3. The lowest BCUT2D eigenvalue weighted by molar-refractivity contribution is -0.384. The van der Waals surface area contributed by atoms with Gasteiger partial charge in [-0.05, 0) is 25.0 Å². The van der Waals surface area contributed by atoms with E-state index in [4.69, 9.17) is 0 Å². The molecule has 18 heavy (non-hydrogen) atoms. The molecule has 1 fully saturated rings. The Hall–Kier alpha value is -2.11. The molecule has 0 spiro atoms. The Balaban J connectivity index is 1.97. The van der Waals surface area contributed by atoms with E-state index in [0.717, 1.165) is 17.7 Å². The van der Waals surface area contributed by atoms with Crippen molar-refractivity contribution in [3.8, 4) is 0 Å². The number of aryl methyl sites for hydroxylation is 1. The highest BCUT2D eigenvalue weighted by Gasteiger charge is 2.20. The summed E-state index contributed by atoms with van der Waals surface area (Å²) < 4.78 is 0. The number of amides is 1. The van der Waals surface area contributed by atoms with Crippen molar-refractivity contribution in [1.29, 1.82) is 0 Å². The third-order valence-corrected chi connectivity index (χ3v) is 3.04. The Morgan fingerprint density at radius 3 is 2.89 bits per heavy atom. The summed E-state index contributed by atoms with van der Waals surface area (Å²) in [4.78, 5) is 21.2. The second kappa shape index (κ2) is 5.03. The molecule has 6 heteroatoms. The first-order chi connectivity index (χ1) is 8.56. The van der Waals surface area contributed by atoms with Gasteiger partial charge in [-0.1, -0.05) is 0 Å². The molecule has 1 aliphatic rings. The second-order valence-electron chi connectivity index (χ2n) is 4.44. The molecule has 1 aromatic carbocycles. The van der Waals surface area contributed by atoms with Gasteiger partial charge in [-0.25, -0.2) is 0 Å². The topological polar surface area (TPSA) is 84.3 Å². The number of nitrogens with zero attached hydrogens (tertiary/aromatic N) is 1. The van der Waals surface area contributed by atoms with Crippen LogP contribution in [0.3, 0.4) is 0 Å². The van der Waals surface area contributed by atoms with E-state index in [1.165, 1.54) is 12.1 Å². The zero-order valence-electron chi connectivity index (χ0n) is 10.1. The van der Waals surface area contributed by atoms with Gasteiger partial charge in [-0.15, -0.1) is 0 Å². The average Bonchev–Trinajstić information content (AvgIpc) is 2.73. The van der Waals surface area contributed by atoms with Gasteiger partial charge < -0.3 is 10.6 Å². The highest BCUT2D eigenvalue weighted by atomic mass is 16.6. The predicted octanol–water partition coefficient (Wildman–Crippen LogP) is 1.59. The molecule has 1 aliphatic heterocycles. The van der Waals surface area contributed by atoms with Crippen molar-refractivity contribution in [3.05, 3.63) is 33.9 Å². The third kappa shape index (κ3) is 2.77. The van der Waals surface area contributed by atoms with Gasteiger partial charge in [0, 0.05) is 36.8 Å². The summed E-state index contributed by atoms with van der Waals surface area (Å²) in [6.07, 6.45) is 1.41. The lowest BCUT2D eigenvalue weighted by atomic mass is 10.1. The van der Waals surface area contributed by atoms with Gasteiger partial charge in [-0.3, -0.25) is 14.9 Å². The number of hydrogen-bond acceptors (Lipinski definition) is 4. The molecular weight excluding hydrogens is 234 g/mol. The van der Waals surface area contributed by atoms with Gasteiger partial charge in [0.1, 0.15) is 0 Å². The van der Waals surface area contributed by atoms with Crippen LogP contribution in [0.2, 0.25) is 0 Å². The van der Waals surface area contributed by atoms with Crippen LogP contribution in [0.1, 0.15) is 18.4 Å². The van der Waals surface area contributed by atoms with E-state index in [9.17, 15) is 14.9 Å². The SMILES string of the molecule is Cc1cc([N+](=O)[O-])ccc1NCC1CCC(=O)N1. The number of carbonyl (C=O) groups is 1. The smallest absolute Gasteiger partial charge is 0.269 e. The van der Waals surface area contributed by atoms with Crippen molar-refractivity contribution >= 4 is 17.3 Å². The second-order valence-corrected chi connectivity index (χ2v) is 4.44. The molecule has 1 aromatic rings. The maximum Gasteiger partial charge on any atom is 0.269 e. The summed E-state index contributed by atoms with van der Waals surface area (Å²) in [6, 6.07) is 4.86. The minimum Gasteiger partial charge on any atom is -0.383 e. The van der Waals surface area contributed by atoms with Crippen LogP contribution in [0.4, 0.5) is 11.4 Å². The fourth-order valence-corrected chi connectivity index (χ4v) is 2.02. The van der Waals surface area contributed by atoms with Crippen LogP contribution in [0, 0.1) is 17.0 Å². The molecule has 0 aromatic heterocycles. The van der Waals surface area contributed by atoms with E-state index in [0.29, 0.717) is 13.0 Å². The van der Waals surface area contributed by atoms with Crippen molar-refractivity contribution in [2.75, 3.05) is 11.9 Å². The largest absolute Gasteiger partial charge is 0.383 e. The van der Waals surface area contributed by atoms with E-state index >= 15 is 0 Å². The van der Waals surface area contributed by atoms with Crippen LogP contribution in [0.5, 0.6) is 0 Å². The first-order valence-corrected chi connectivity index (χ1v) is 5.84. The van der Waals surface area contributed by atoms with Crippen molar-refractivity contribution in [2.45, 2.75) is 25.8 Å². The summed E-state index contributed by atoms with van der Waals surface area (Å²) in [5.74, 6) is 0.0854. The molecule has 0 saturated carbocycles. The number of anilines is 1. The molecule has 0 aliphatic carbocycles. The minimum absolute atomic E-state index is 0.0854. The molecule has 0 bridgehead atoms. The Morgan fingerprint density at radius 2 is 2.33 bits per heavy atom. The highest BCUT2D eigenvalue weighted by molar-refractivity contribution is 5.78. The maximum atomic E-state index is 11.0. The third-order valence-electron chi connectivity index (χ3n) is 3.04. The standard InChI is InChI=1S/C12H15N3O3/c1-8-6-10(15(17)18)3-4-11(8)13-7-9-2-5-12(16)14-9/h3-4,6,9,13H,2,5,7H2,1H3,(H,14,16). The monoisotopic (exact) mass is 249 g/mol. The Kier molecular flexibility index (Phi) is 3.45. The highest BCUT2D eigenvalue weighted by Crippen LogP contribution is 2.21. The first-order valence-electron chi connectivity index (χ1n) is 5.84. The van der Waals surface area contributed by atoms with Crippen LogP contribution in [0.25, 0.3) is 0 Å². The van der Waals surface area contributed by atoms with E-state index in [1.54, 1.807) is 6.07 Å². The summed E-state index contributed by atoms with van der Waals surface area (Å²) >= 11 is 0. The zero-order valence-corrected chi connectivity index (χ0v) is 10.1. The summed E-state index contributed by atoms with van der Waals surface area (Å²) in [5.41, 5.74) is 1.78. The lowest BCUT2D eigenvalue weighted by Gasteiger charge is -2.13. The van der Waals surface area contributed by atoms with Crippen LogP contribution in [0.15, 0.2) is 18.2 Å². The van der Waals surface area contributed by atoms with Crippen molar-refractivity contribution < 1.29 is 9.72 Å². The number of rotatable bonds is 4. The molecule has 1 atom stereocenters. The zero-order chi connectivity index (χ0) is 13.1. The summed E-state index contributed by atoms with van der Waals surface area (Å²) in [5, 5.41) is 16.7. The number of non-ortho nitro benzene ring substituents is 1. The number of carbonyl (C=O) groups excluding carboxylic acids is 1. The molecule has 2 rings (SSSR count). The van der Waals surface area contributed by atoms with E-state index in [1.807, 2.05) is 6.92 Å². The van der Waals surface area contributed by atoms with Gasteiger partial charge in [0.25, 0.3) is 5.69 Å².